The van der Waals surface area contributed by atoms with Crippen molar-refractivity contribution in [2.24, 2.45) is 5.73 Å². The van der Waals surface area contributed by atoms with Crippen LogP contribution in [0.3, 0.4) is 0 Å². The van der Waals surface area contributed by atoms with Gasteiger partial charge >= 0.3 is 5.92 Å². The van der Waals surface area contributed by atoms with Gasteiger partial charge in [-0.1, -0.05) is 23.7 Å². The fraction of sp³-hybridized carbons (Fsp3) is 0.444. The van der Waals surface area contributed by atoms with Crippen LogP contribution in [0.25, 0.3) is 10.8 Å². The number of nitrogens with two attached hydrogens (primary N) is 1. The van der Waals surface area contributed by atoms with E-state index in [9.17, 15) is 13.2 Å². The Balaban J connectivity index is 1.43. The average molecular weight is 598 g/mol. The van der Waals surface area contributed by atoms with Gasteiger partial charge in [0.15, 0.2) is 6.04 Å². The topological polar surface area (TPSA) is 102 Å². The van der Waals surface area contributed by atoms with Crippen LogP contribution in [-0.4, -0.2) is 50.5 Å². The number of hydrogen-bond donors (Lipinski definition) is 2. The highest BCUT2D eigenvalue weighted by molar-refractivity contribution is 7.89. The third-order valence-electron chi connectivity index (χ3n) is 7.33. The summed E-state index contributed by atoms with van der Waals surface area (Å²) in [7, 11) is -4.52. The highest BCUT2D eigenvalue weighted by Crippen LogP contribution is 2.39. The van der Waals surface area contributed by atoms with Gasteiger partial charge in [-0.2, -0.15) is 13.5 Å². The third-order valence-corrected chi connectivity index (χ3v) is 10.1. The number of carbonyl (C=O) groups excluding carboxylic acids is 1. The van der Waals surface area contributed by atoms with Crippen LogP contribution >= 0.6 is 22.9 Å². The molecule has 3 aromatic rings. The number of sulfonamides is 1. The van der Waals surface area contributed by atoms with Gasteiger partial charge in [0.05, 0.1) is 20.2 Å². The average Bonchev–Trinajstić information content (AvgIpc) is 3.59. The Hall–Kier alpha value is -2.31. The lowest BCUT2D eigenvalue weighted by Crippen LogP contribution is -2.57. The van der Waals surface area contributed by atoms with E-state index in [1.807, 2.05) is 10.8 Å². The maximum absolute atomic E-state index is 15.8. The van der Waals surface area contributed by atoms with Crippen molar-refractivity contribution in [3.63, 3.8) is 0 Å². The van der Waals surface area contributed by atoms with Crippen molar-refractivity contribution in [2.45, 2.75) is 67.5 Å². The number of nitrogens with one attached hydrogen (secondary N) is 1. The third kappa shape index (κ3) is 6.22. The zero-order valence-electron chi connectivity index (χ0n) is 21.1. The minimum atomic E-state index is -4.52. The van der Waals surface area contributed by atoms with E-state index in [1.54, 1.807) is 18.2 Å². The molecule has 12 heteroatoms. The molecule has 5 rings (SSSR count). The standard InChI is InChI=1S/C27H30ClF2N3O4S2/c28-24-10-9-23(38-24)27(29,30)25(26(34)33-13-11-19(31)12-14-33)32-39(35,36)22-8-6-17-15-21(7-5-18(17)16-22)37-20-3-1-2-4-20/h5-10,15-16,19-20,25,32H,1-4,11-14,31H2. The van der Waals surface area contributed by atoms with Crippen molar-refractivity contribution in [1.29, 1.82) is 0 Å². The molecule has 2 fully saturated rings. The summed E-state index contributed by atoms with van der Waals surface area (Å²) >= 11 is 6.49. The van der Waals surface area contributed by atoms with Crippen LogP contribution in [0.5, 0.6) is 5.75 Å². The maximum Gasteiger partial charge on any atom is 0.307 e. The molecule has 39 heavy (non-hydrogen) atoms. The van der Waals surface area contributed by atoms with Crippen LogP contribution in [0, 0.1) is 0 Å². The van der Waals surface area contributed by atoms with Crippen molar-refractivity contribution in [2.75, 3.05) is 13.1 Å². The van der Waals surface area contributed by atoms with Crippen molar-refractivity contribution in [3.05, 3.63) is 57.7 Å². The summed E-state index contributed by atoms with van der Waals surface area (Å²) in [6, 6.07) is 9.59. The maximum atomic E-state index is 15.8. The van der Waals surface area contributed by atoms with Crippen molar-refractivity contribution < 1.29 is 26.7 Å². The van der Waals surface area contributed by atoms with Crippen LogP contribution in [0.1, 0.15) is 43.4 Å². The first kappa shape index (κ1) is 28.2. The summed E-state index contributed by atoms with van der Waals surface area (Å²) in [5.74, 6) is -4.15. The largest absolute Gasteiger partial charge is 0.490 e. The molecule has 1 saturated heterocycles. The second-order valence-corrected chi connectivity index (χ2v) is 13.6. The number of halogens is 3. The Morgan fingerprint density at radius 2 is 1.72 bits per heavy atom. The zero-order valence-corrected chi connectivity index (χ0v) is 23.5. The van der Waals surface area contributed by atoms with Gasteiger partial charge in [-0.05, 0) is 85.7 Å². The van der Waals surface area contributed by atoms with Crippen molar-refractivity contribution >= 4 is 49.6 Å². The van der Waals surface area contributed by atoms with E-state index in [0.29, 0.717) is 35.3 Å². The first-order chi connectivity index (χ1) is 18.5. The lowest BCUT2D eigenvalue weighted by molar-refractivity contribution is -0.145. The Kier molecular flexibility index (Phi) is 8.17. The van der Waals surface area contributed by atoms with E-state index >= 15 is 8.78 Å². The molecule has 1 unspecified atom stereocenters. The lowest BCUT2D eigenvalue weighted by Gasteiger charge is -2.35. The SMILES string of the molecule is NC1CCN(C(=O)C(NS(=O)(=O)c2ccc3cc(OC4CCCC4)ccc3c2)C(F)(F)c2ccc(Cl)s2)CC1. The van der Waals surface area contributed by atoms with E-state index in [1.165, 1.54) is 23.1 Å². The molecule has 1 atom stereocenters. The molecule has 7 nitrogen and oxygen atoms in total. The van der Waals surface area contributed by atoms with Gasteiger partial charge in [0.1, 0.15) is 5.75 Å². The summed E-state index contributed by atoms with van der Waals surface area (Å²) in [4.78, 5) is 13.9. The van der Waals surface area contributed by atoms with Crippen LogP contribution < -0.4 is 15.2 Å². The molecule has 3 N–H and O–H groups in total. The molecule has 0 bridgehead atoms. The summed E-state index contributed by atoms with van der Waals surface area (Å²) in [5, 5.41) is 1.35. The number of likely N-dealkylation sites (tertiary alicyclic amines) is 1. The Labute approximate surface area is 235 Å². The van der Waals surface area contributed by atoms with Gasteiger partial charge in [-0.25, -0.2) is 8.42 Å². The van der Waals surface area contributed by atoms with Gasteiger partial charge in [0.2, 0.25) is 15.9 Å². The number of nitrogens with zero attached hydrogens (tertiary/aromatic N) is 1. The number of rotatable bonds is 8. The number of thiophene rings is 1. The van der Waals surface area contributed by atoms with Gasteiger partial charge in [-0.15, -0.1) is 11.3 Å². The predicted molar refractivity (Wildman–Crippen MR) is 148 cm³/mol. The molecule has 2 heterocycles. The second-order valence-electron chi connectivity index (χ2n) is 10.1. The molecule has 210 valence electrons. The minimum absolute atomic E-state index is 0.105. The number of piperidine rings is 1. The normalized spacial score (nSPS) is 18.5. The van der Waals surface area contributed by atoms with E-state index in [0.717, 1.165) is 37.1 Å². The van der Waals surface area contributed by atoms with E-state index < -0.39 is 32.8 Å². The van der Waals surface area contributed by atoms with Crippen molar-refractivity contribution in [1.82, 2.24) is 9.62 Å². The minimum Gasteiger partial charge on any atom is -0.490 e. The summed E-state index contributed by atoms with van der Waals surface area (Å²) in [6.45, 7) is 0.335. The number of carbonyl (C=O) groups is 1. The summed E-state index contributed by atoms with van der Waals surface area (Å²) in [6.07, 6.45) is 5.36. The van der Waals surface area contributed by atoms with E-state index in [4.69, 9.17) is 22.1 Å². The quantitative estimate of drug-likeness (QED) is 0.369. The van der Waals surface area contributed by atoms with Gasteiger partial charge < -0.3 is 15.4 Å². The number of hydrogen-bond acceptors (Lipinski definition) is 6. The van der Waals surface area contributed by atoms with Crippen LogP contribution in [0.2, 0.25) is 4.34 Å². The highest BCUT2D eigenvalue weighted by Gasteiger charge is 2.50. The number of amides is 1. The molecule has 1 aliphatic heterocycles. The Morgan fingerprint density at radius 3 is 2.38 bits per heavy atom. The van der Waals surface area contributed by atoms with Gasteiger partial charge in [0.25, 0.3) is 0 Å². The Morgan fingerprint density at radius 1 is 1.05 bits per heavy atom. The van der Waals surface area contributed by atoms with Gasteiger partial charge in [-0.3, -0.25) is 4.79 Å². The first-order valence-corrected chi connectivity index (χ1v) is 15.6. The molecular formula is C27H30ClF2N3O4S2. The fourth-order valence-corrected chi connectivity index (χ4v) is 7.35. The molecule has 1 amide bonds. The molecular weight excluding hydrogens is 568 g/mol. The second kappa shape index (κ2) is 11.3. The fourth-order valence-electron chi connectivity index (χ4n) is 5.08. The number of alkyl halides is 2. The van der Waals surface area contributed by atoms with E-state index in [-0.39, 0.29) is 34.5 Å². The highest BCUT2D eigenvalue weighted by atomic mass is 35.5. The van der Waals surface area contributed by atoms with Gasteiger partial charge in [0, 0.05) is 19.1 Å². The Bertz CT molecular complexity index is 1450. The van der Waals surface area contributed by atoms with Crippen LogP contribution in [-0.2, 0) is 20.7 Å². The molecule has 1 aliphatic carbocycles. The number of ether oxygens (including phenoxy) is 1. The molecule has 2 aromatic carbocycles. The molecule has 1 saturated carbocycles. The predicted octanol–water partition coefficient (Wildman–Crippen LogP) is 5.26. The lowest BCUT2D eigenvalue weighted by atomic mass is 10.0. The number of fused-ring (bicyclic) bond motifs is 1. The monoisotopic (exact) mass is 597 g/mol. The number of benzene rings is 2. The summed E-state index contributed by atoms with van der Waals surface area (Å²) < 4.78 is 66.5. The molecule has 1 aromatic heterocycles. The van der Waals surface area contributed by atoms with Crippen molar-refractivity contribution in [3.8, 4) is 5.75 Å². The molecule has 0 spiro atoms. The zero-order chi connectivity index (χ0) is 27.8. The van der Waals surface area contributed by atoms with Crippen LogP contribution in [0.15, 0.2) is 53.4 Å². The van der Waals surface area contributed by atoms with E-state index in [2.05, 4.69) is 0 Å². The summed E-state index contributed by atoms with van der Waals surface area (Å²) in [5.41, 5.74) is 5.91. The van der Waals surface area contributed by atoms with Crippen LogP contribution in [0.4, 0.5) is 8.78 Å². The smallest absolute Gasteiger partial charge is 0.307 e. The first-order valence-electron chi connectivity index (χ1n) is 12.9. The molecule has 0 radical (unpaired) electrons. The molecule has 2 aliphatic rings.